The van der Waals surface area contributed by atoms with Crippen molar-refractivity contribution in [3.05, 3.63) is 35.6 Å². The molecule has 0 heterocycles. The molecule has 0 saturated heterocycles. The number of nitrogens with one attached hydrogen (secondary N) is 2. The zero-order valence-electron chi connectivity index (χ0n) is 10.7. The van der Waals surface area contributed by atoms with E-state index < -0.39 is 11.7 Å². The molecule has 5 heteroatoms. The average Bonchev–Trinajstić information content (AvgIpc) is 2.24. The fourth-order valence-electron chi connectivity index (χ4n) is 1.36. The van der Waals surface area contributed by atoms with Crippen molar-refractivity contribution in [1.29, 1.82) is 0 Å². The second-order valence-corrected chi connectivity index (χ2v) is 4.96. The summed E-state index contributed by atoms with van der Waals surface area (Å²) >= 11 is 0. The van der Waals surface area contributed by atoms with Crippen LogP contribution in [0.2, 0.25) is 0 Å². The summed E-state index contributed by atoms with van der Waals surface area (Å²) in [6.07, 6.45) is 0. The van der Waals surface area contributed by atoms with Gasteiger partial charge in [-0.05, 0) is 32.9 Å². The highest BCUT2D eigenvalue weighted by Crippen LogP contribution is 2.05. The number of carbonyl (C=O) groups is 2. The Labute approximate surface area is 106 Å². The minimum Gasteiger partial charge on any atom is -0.350 e. The van der Waals surface area contributed by atoms with Crippen molar-refractivity contribution in [1.82, 2.24) is 10.6 Å². The van der Waals surface area contributed by atoms with E-state index in [-0.39, 0.29) is 23.6 Å². The van der Waals surface area contributed by atoms with E-state index in [1.807, 2.05) is 20.8 Å². The molecule has 0 aromatic heterocycles. The summed E-state index contributed by atoms with van der Waals surface area (Å²) in [6, 6.07) is 5.63. The number of carbonyl (C=O) groups excluding carboxylic acids is 2. The molecule has 18 heavy (non-hydrogen) atoms. The van der Waals surface area contributed by atoms with Gasteiger partial charge in [0.15, 0.2) is 0 Å². The molecule has 4 nitrogen and oxygen atoms in total. The fraction of sp³-hybridized carbons (Fsp3) is 0.385. The molecule has 0 unspecified atom stereocenters. The maximum absolute atomic E-state index is 13.3. The Balaban J connectivity index is 2.52. The minimum absolute atomic E-state index is 0.0685. The highest BCUT2D eigenvalue weighted by atomic mass is 19.1. The molecule has 0 aliphatic heterocycles. The summed E-state index contributed by atoms with van der Waals surface area (Å²) in [5.74, 6) is -1.52. The van der Waals surface area contributed by atoms with Crippen LogP contribution in [0.3, 0.4) is 0 Å². The minimum atomic E-state index is -0.605. The summed E-state index contributed by atoms with van der Waals surface area (Å²) in [7, 11) is 0. The van der Waals surface area contributed by atoms with Gasteiger partial charge in [0, 0.05) is 5.54 Å². The van der Waals surface area contributed by atoms with Gasteiger partial charge in [0.25, 0.3) is 5.91 Å². The van der Waals surface area contributed by atoms with E-state index in [9.17, 15) is 14.0 Å². The third-order valence-electron chi connectivity index (χ3n) is 2.04. The van der Waals surface area contributed by atoms with Crippen LogP contribution in [0.4, 0.5) is 4.39 Å². The number of amides is 2. The van der Waals surface area contributed by atoms with Crippen LogP contribution >= 0.6 is 0 Å². The molecule has 98 valence electrons. The molecule has 0 aliphatic carbocycles. The second-order valence-electron chi connectivity index (χ2n) is 4.96. The van der Waals surface area contributed by atoms with Crippen molar-refractivity contribution in [2.45, 2.75) is 26.3 Å². The smallest absolute Gasteiger partial charge is 0.254 e. The number of rotatable bonds is 3. The Morgan fingerprint density at radius 2 is 1.83 bits per heavy atom. The summed E-state index contributed by atoms with van der Waals surface area (Å²) in [5.41, 5.74) is -0.430. The van der Waals surface area contributed by atoms with E-state index in [1.54, 1.807) is 6.07 Å². The van der Waals surface area contributed by atoms with E-state index in [1.165, 1.54) is 18.2 Å². The molecule has 1 rings (SSSR count). The van der Waals surface area contributed by atoms with Crippen LogP contribution in [0.25, 0.3) is 0 Å². The van der Waals surface area contributed by atoms with Gasteiger partial charge in [-0.2, -0.15) is 0 Å². The Morgan fingerprint density at radius 1 is 1.22 bits per heavy atom. The zero-order valence-corrected chi connectivity index (χ0v) is 10.7. The van der Waals surface area contributed by atoms with Crippen LogP contribution in [-0.2, 0) is 4.79 Å². The Kier molecular flexibility index (Phi) is 4.42. The first kappa shape index (κ1) is 14.2. The van der Waals surface area contributed by atoms with E-state index in [0.717, 1.165) is 0 Å². The third-order valence-corrected chi connectivity index (χ3v) is 2.04. The average molecular weight is 252 g/mol. The van der Waals surface area contributed by atoms with E-state index in [4.69, 9.17) is 0 Å². The van der Waals surface area contributed by atoms with Gasteiger partial charge < -0.3 is 10.6 Å². The molecule has 2 amide bonds. The van der Waals surface area contributed by atoms with Gasteiger partial charge in [-0.1, -0.05) is 12.1 Å². The van der Waals surface area contributed by atoms with Gasteiger partial charge in [0.05, 0.1) is 12.1 Å². The lowest BCUT2D eigenvalue weighted by atomic mass is 10.1. The van der Waals surface area contributed by atoms with Crippen molar-refractivity contribution in [3.63, 3.8) is 0 Å². The molecule has 2 N–H and O–H groups in total. The van der Waals surface area contributed by atoms with Crippen LogP contribution in [0.5, 0.6) is 0 Å². The first-order valence-electron chi connectivity index (χ1n) is 5.63. The summed E-state index contributed by atoms with van der Waals surface area (Å²) in [5, 5.41) is 5.06. The normalized spacial score (nSPS) is 10.9. The van der Waals surface area contributed by atoms with Crippen LogP contribution in [0.1, 0.15) is 31.1 Å². The highest BCUT2D eigenvalue weighted by Gasteiger charge is 2.15. The molecule has 0 spiro atoms. The van der Waals surface area contributed by atoms with E-state index >= 15 is 0 Å². The second kappa shape index (κ2) is 5.62. The van der Waals surface area contributed by atoms with Gasteiger partial charge in [0.1, 0.15) is 5.82 Å². The molecule has 1 aromatic carbocycles. The molecular formula is C13H17FN2O2. The van der Waals surface area contributed by atoms with Gasteiger partial charge in [-0.15, -0.1) is 0 Å². The molecule has 0 saturated carbocycles. The number of halogens is 1. The molecule has 0 bridgehead atoms. The fourth-order valence-corrected chi connectivity index (χ4v) is 1.36. The van der Waals surface area contributed by atoms with Crippen LogP contribution in [0, 0.1) is 5.82 Å². The first-order chi connectivity index (χ1) is 8.29. The number of hydrogen-bond donors (Lipinski definition) is 2. The zero-order chi connectivity index (χ0) is 13.8. The highest BCUT2D eigenvalue weighted by molar-refractivity contribution is 5.96. The molecule has 0 aliphatic rings. The summed E-state index contributed by atoms with van der Waals surface area (Å²) < 4.78 is 13.3. The Bertz CT molecular complexity index is 453. The SMILES string of the molecule is CC(C)(C)NC(=O)CNC(=O)c1ccccc1F. The van der Waals surface area contributed by atoms with Gasteiger partial charge in [-0.3, -0.25) is 9.59 Å². The van der Waals surface area contributed by atoms with Crippen LogP contribution in [-0.4, -0.2) is 23.9 Å². The Hall–Kier alpha value is -1.91. The summed E-state index contributed by atoms with van der Waals surface area (Å²) in [6.45, 7) is 5.33. The predicted molar refractivity (Wildman–Crippen MR) is 66.6 cm³/mol. The van der Waals surface area contributed by atoms with Gasteiger partial charge in [0.2, 0.25) is 5.91 Å². The lowest BCUT2D eigenvalue weighted by Gasteiger charge is -2.20. The standard InChI is InChI=1S/C13H17FN2O2/c1-13(2,3)16-11(17)8-15-12(18)9-6-4-5-7-10(9)14/h4-7H,8H2,1-3H3,(H,15,18)(H,16,17). The van der Waals surface area contributed by atoms with E-state index in [2.05, 4.69) is 10.6 Å². The van der Waals surface area contributed by atoms with Crippen LogP contribution in [0.15, 0.2) is 24.3 Å². The number of benzene rings is 1. The van der Waals surface area contributed by atoms with Crippen molar-refractivity contribution < 1.29 is 14.0 Å². The maximum Gasteiger partial charge on any atom is 0.254 e. The molecule has 1 aromatic rings. The molecule has 0 fully saturated rings. The van der Waals surface area contributed by atoms with Crippen LogP contribution < -0.4 is 10.6 Å². The topological polar surface area (TPSA) is 58.2 Å². The van der Waals surface area contributed by atoms with Crippen molar-refractivity contribution in [2.24, 2.45) is 0 Å². The van der Waals surface area contributed by atoms with Gasteiger partial charge in [-0.25, -0.2) is 4.39 Å². The lowest BCUT2D eigenvalue weighted by Crippen LogP contribution is -2.45. The van der Waals surface area contributed by atoms with Crippen molar-refractivity contribution in [2.75, 3.05) is 6.54 Å². The monoisotopic (exact) mass is 252 g/mol. The summed E-state index contributed by atoms with van der Waals surface area (Å²) in [4.78, 5) is 23.1. The first-order valence-corrected chi connectivity index (χ1v) is 5.63. The largest absolute Gasteiger partial charge is 0.350 e. The van der Waals surface area contributed by atoms with Crippen molar-refractivity contribution >= 4 is 11.8 Å². The lowest BCUT2D eigenvalue weighted by molar-refractivity contribution is -0.121. The predicted octanol–water partition coefficient (Wildman–Crippen LogP) is 1.47. The number of hydrogen-bond acceptors (Lipinski definition) is 2. The third kappa shape index (κ3) is 4.53. The van der Waals surface area contributed by atoms with Crippen molar-refractivity contribution in [3.8, 4) is 0 Å². The molecule has 0 radical (unpaired) electrons. The maximum atomic E-state index is 13.3. The van der Waals surface area contributed by atoms with E-state index in [0.29, 0.717) is 0 Å². The quantitative estimate of drug-likeness (QED) is 0.856. The molecule has 0 atom stereocenters. The van der Waals surface area contributed by atoms with Gasteiger partial charge >= 0.3 is 0 Å². The Morgan fingerprint density at radius 3 is 2.39 bits per heavy atom. The molecular weight excluding hydrogens is 235 g/mol.